The summed E-state index contributed by atoms with van der Waals surface area (Å²) in [6.45, 7) is 2.45. The van der Waals surface area contributed by atoms with Gasteiger partial charge in [-0.05, 0) is 23.9 Å². The van der Waals surface area contributed by atoms with Crippen LogP contribution in [0.3, 0.4) is 0 Å². The van der Waals surface area contributed by atoms with Gasteiger partial charge in [-0.25, -0.2) is 9.98 Å². The van der Waals surface area contributed by atoms with Crippen LogP contribution in [0.25, 0.3) is 0 Å². The summed E-state index contributed by atoms with van der Waals surface area (Å²) in [5.41, 5.74) is -0.438. The van der Waals surface area contributed by atoms with Gasteiger partial charge in [0.2, 0.25) is 5.72 Å². The van der Waals surface area contributed by atoms with Crippen molar-refractivity contribution in [1.82, 2.24) is 14.3 Å². The first-order valence-electron chi connectivity index (χ1n) is 11.2. The summed E-state index contributed by atoms with van der Waals surface area (Å²) < 4.78 is 10.7. The van der Waals surface area contributed by atoms with Gasteiger partial charge in [-0.15, -0.1) is 0 Å². The van der Waals surface area contributed by atoms with Gasteiger partial charge in [0.1, 0.15) is 29.8 Å². The molecule has 1 aromatic heterocycles. The van der Waals surface area contributed by atoms with Crippen molar-refractivity contribution in [1.29, 1.82) is 0 Å². The highest BCUT2D eigenvalue weighted by atomic mass is 32.2. The molecule has 0 amide bonds. The molecule has 33 heavy (non-hydrogen) atoms. The molecule has 0 bridgehead atoms. The molecule has 0 spiro atoms. The first kappa shape index (κ1) is 24.1. The van der Waals surface area contributed by atoms with Crippen LogP contribution in [0.5, 0.6) is 0 Å². The molecule has 1 unspecified atom stereocenters. The zero-order valence-electron chi connectivity index (χ0n) is 18.5. The Morgan fingerprint density at radius 1 is 1.21 bits per heavy atom. The van der Waals surface area contributed by atoms with Crippen molar-refractivity contribution in [3.63, 3.8) is 0 Å². The summed E-state index contributed by atoms with van der Waals surface area (Å²) in [7, 11) is 0. The van der Waals surface area contributed by atoms with Gasteiger partial charge in [-0.2, -0.15) is 0 Å². The van der Waals surface area contributed by atoms with Gasteiger partial charge in [0.25, 0.3) is 0 Å². The van der Waals surface area contributed by atoms with Crippen LogP contribution < -0.4 is 10.0 Å². The molecule has 4 rings (SSSR count). The topological polar surface area (TPSA) is 144 Å². The Balaban J connectivity index is 1.68. The predicted molar refractivity (Wildman–Crippen MR) is 125 cm³/mol. The van der Waals surface area contributed by atoms with E-state index in [0.29, 0.717) is 16.7 Å². The fraction of sp³-hybridized carbons (Fsp3) is 0.545. The van der Waals surface area contributed by atoms with Crippen molar-refractivity contribution >= 4 is 24.1 Å². The van der Waals surface area contributed by atoms with Crippen LogP contribution in [0, 0.1) is 0 Å². The molecule has 1 fully saturated rings. The maximum atomic E-state index is 11.5. The molecule has 6 N–H and O–H groups in total. The lowest BCUT2D eigenvalue weighted by Gasteiger charge is -2.28. The van der Waals surface area contributed by atoms with Crippen LogP contribution in [0.2, 0.25) is 0 Å². The summed E-state index contributed by atoms with van der Waals surface area (Å²) in [6.07, 6.45) is 0.319. The van der Waals surface area contributed by atoms with E-state index in [9.17, 15) is 20.4 Å². The Morgan fingerprint density at radius 3 is 2.70 bits per heavy atom. The Labute approximate surface area is 196 Å². The third-order valence-corrected chi connectivity index (χ3v) is 6.67. The minimum absolute atomic E-state index is 0.208. The van der Waals surface area contributed by atoms with E-state index in [1.54, 1.807) is 4.57 Å². The predicted octanol–water partition coefficient (Wildman–Crippen LogP) is 1.12. The van der Waals surface area contributed by atoms with Gasteiger partial charge in [0.15, 0.2) is 11.4 Å². The van der Waals surface area contributed by atoms with Gasteiger partial charge >= 0.3 is 0 Å². The zero-order valence-corrected chi connectivity index (χ0v) is 19.3. The molecule has 2 aromatic rings. The molecule has 1 saturated heterocycles. The average molecular weight is 478 g/mol. The number of aliphatic hydroxyl groups excluding tert-OH is 3. The fourth-order valence-electron chi connectivity index (χ4n) is 4.06. The molecule has 1 aromatic carbocycles. The second kappa shape index (κ2) is 10.5. The summed E-state index contributed by atoms with van der Waals surface area (Å²) >= 11 is 1.26. The maximum absolute atomic E-state index is 11.5. The van der Waals surface area contributed by atoms with Crippen molar-refractivity contribution in [3.8, 4) is 0 Å². The molecule has 5 atom stereocenters. The highest BCUT2D eigenvalue weighted by Crippen LogP contribution is 2.42. The molecule has 0 radical (unpaired) electrons. The zero-order chi connectivity index (χ0) is 23.4. The Hall–Kier alpha value is -1.99. The Bertz CT molecular complexity index is 958. The average Bonchev–Trinajstić information content (AvgIpc) is 3.32. The van der Waals surface area contributed by atoms with Crippen LogP contribution in [-0.2, 0) is 16.9 Å². The van der Waals surface area contributed by atoms with Crippen LogP contribution in [-0.4, -0.2) is 67.8 Å². The van der Waals surface area contributed by atoms with Crippen molar-refractivity contribution in [3.05, 3.63) is 41.6 Å². The number of anilines is 1. The van der Waals surface area contributed by atoms with Crippen molar-refractivity contribution < 1.29 is 25.2 Å². The van der Waals surface area contributed by atoms with E-state index in [1.807, 2.05) is 30.3 Å². The maximum Gasteiger partial charge on any atom is 0.208 e. The quantitative estimate of drug-likeness (QED) is 0.219. The minimum Gasteiger partial charge on any atom is -0.394 e. The molecule has 0 aliphatic carbocycles. The molecule has 2 aliphatic heterocycles. The van der Waals surface area contributed by atoms with E-state index in [4.69, 9.17) is 4.74 Å². The summed E-state index contributed by atoms with van der Waals surface area (Å²) in [5, 5.41) is 45.5. The number of imidazole rings is 1. The van der Waals surface area contributed by atoms with E-state index < -0.39 is 36.9 Å². The number of aliphatic hydroxyl groups is 4. The lowest BCUT2D eigenvalue weighted by atomic mass is 9.99. The summed E-state index contributed by atoms with van der Waals surface area (Å²) in [6, 6.07) is 9.50. The molecule has 2 aliphatic rings. The molecule has 3 heterocycles. The van der Waals surface area contributed by atoms with Gasteiger partial charge in [0.05, 0.1) is 12.9 Å². The number of unbranched alkanes of at least 4 members (excludes halogenated alkanes) is 2. The number of benzene rings is 1. The number of hydrogen-bond donors (Lipinski definition) is 6. The lowest BCUT2D eigenvalue weighted by molar-refractivity contribution is -0.0557. The Morgan fingerprint density at radius 2 is 2.00 bits per heavy atom. The van der Waals surface area contributed by atoms with Crippen molar-refractivity contribution in [2.75, 3.05) is 18.5 Å². The second-order valence-corrected chi connectivity index (χ2v) is 9.13. The van der Waals surface area contributed by atoms with Crippen molar-refractivity contribution in [2.45, 2.75) is 68.0 Å². The fourth-order valence-corrected chi connectivity index (χ4v) is 4.87. The Kier molecular flexibility index (Phi) is 7.69. The standard InChI is InChI=1S/C22H31N5O5S/c1-2-3-7-10-25-33-21-26-18-19(27(21)20-17(30)16(29)15(12-28)32-20)23-13-24-22(18,31)11-14-8-5-4-6-9-14/h4-6,8-9,13,15-17,20,25,28-31H,2-3,7,10-12H2,1H3,(H,23,24)/t15-,16-,17-,20-,22?/m1/s1. The molecule has 10 nitrogen and oxygen atoms in total. The number of nitrogens with one attached hydrogen (secondary N) is 2. The number of ether oxygens (including phenoxy) is 1. The monoisotopic (exact) mass is 477 g/mol. The summed E-state index contributed by atoms with van der Waals surface area (Å²) in [5.74, 6) is 0.413. The lowest BCUT2D eigenvalue weighted by Crippen LogP contribution is -2.34. The normalized spacial score (nSPS) is 28.6. The van der Waals surface area contributed by atoms with E-state index in [0.717, 1.165) is 31.4 Å². The number of aromatic nitrogens is 2. The molecular weight excluding hydrogens is 446 g/mol. The van der Waals surface area contributed by atoms with E-state index in [1.165, 1.54) is 18.3 Å². The van der Waals surface area contributed by atoms with E-state index in [2.05, 4.69) is 26.9 Å². The first-order chi connectivity index (χ1) is 16.0. The number of aliphatic imine (C=N–C) groups is 1. The number of rotatable bonds is 10. The smallest absolute Gasteiger partial charge is 0.208 e. The van der Waals surface area contributed by atoms with Crippen LogP contribution in [0.1, 0.15) is 43.7 Å². The molecule has 0 saturated carbocycles. The number of hydrogen-bond acceptors (Lipinski definition) is 10. The van der Waals surface area contributed by atoms with Gasteiger partial charge in [-0.3, -0.25) is 9.29 Å². The van der Waals surface area contributed by atoms with Crippen LogP contribution in [0.4, 0.5) is 5.82 Å². The molecule has 180 valence electrons. The van der Waals surface area contributed by atoms with Crippen LogP contribution >= 0.6 is 11.9 Å². The third kappa shape index (κ3) is 4.94. The van der Waals surface area contributed by atoms with Crippen molar-refractivity contribution in [2.24, 2.45) is 4.99 Å². The third-order valence-electron chi connectivity index (χ3n) is 5.85. The first-order valence-corrected chi connectivity index (χ1v) is 12.0. The summed E-state index contributed by atoms with van der Waals surface area (Å²) in [4.78, 5) is 8.96. The SMILES string of the molecule is CCCCCNSc1nc2c(n1[C@@H]1O[C@H](CO)[C@@H](O)[C@H]1O)NC=NC2(O)Cc1ccccc1. The highest BCUT2D eigenvalue weighted by molar-refractivity contribution is 7.97. The number of nitrogens with zero attached hydrogens (tertiary/aromatic N) is 3. The molecule has 11 heteroatoms. The largest absolute Gasteiger partial charge is 0.394 e. The van der Waals surface area contributed by atoms with Gasteiger partial charge in [-0.1, -0.05) is 50.1 Å². The highest BCUT2D eigenvalue weighted by Gasteiger charge is 2.47. The second-order valence-electron chi connectivity index (χ2n) is 8.28. The van der Waals surface area contributed by atoms with Gasteiger partial charge < -0.3 is 30.5 Å². The van der Waals surface area contributed by atoms with E-state index >= 15 is 0 Å². The molecular formula is C22H31N5O5S. The van der Waals surface area contributed by atoms with Crippen LogP contribution in [0.15, 0.2) is 40.5 Å². The van der Waals surface area contributed by atoms with E-state index in [-0.39, 0.29) is 6.42 Å². The van der Waals surface area contributed by atoms with Gasteiger partial charge in [0, 0.05) is 13.0 Å². The minimum atomic E-state index is -1.62. The number of fused-ring (bicyclic) bond motifs is 1.